The fourth-order valence-corrected chi connectivity index (χ4v) is 3.06. The number of amides is 1. The second kappa shape index (κ2) is 7.76. The molecule has 0 aliphatic carbocycles. The van der Waals surface area contributed by atoms with Gasteiger partial charge in [-0.25, -0.2) is 0 Å². The van der Waals surface area contributed by atoms with Gasteiger partial charge in [-0.1, -0.05) is 35.6 Å². The number of nitrogens with one attached hydrogen (secondary N) is 1. The van der Waals surface area contributed by atoms with E-state index in [9.17, 15) is 9.90 Å². The van der Waals surface area contributed by atoms with Crippen molar-refractivity contribution in [3.8, 4) is 16.9 Å². The van der Waals surface area contributed by atoms with Crippen molar-refractivity contribution in [2.24, 2.45) is 0 Å². The second-order valence-corrected chi connectivity index (χ2v) is 6.61. The van der Waals surface area contributed by atoms with E-state index in [4.69, 9.17) is 5.73 Å². The van der Waals surface area contributed by atoms with Crippen LogP contribution in [0.4, 0.5) is 5.13 Å². The zero-order valence-electron chi connectivity index (χ0n) is 13.5. The van der Waals surface area contributed by atoms with Gasteiger partial charge in [-0.15, -0.1) is 10.2 Å². The predicted octanol–water partition coefficient (Wildman–Crippen LogP) is 2.86. The molecule has 1 heterocycles. The highest BCUT2D eigenvalue weighted by atomic mass is 32.1. The van der Waals surface area contributed by atoms with Crippen LogP contribution < -0.4 is 11.1 Å². The third-order valence-corrected chi connectivity index (χ3v) is 4.47. The highest BCUT2D eigenvalue weighted by Gasteiger charge is 2.07. The lowest BCUT2D eigenvalue weighted by atomic mass is 10.0. The zero-order chi connectivity index (χ0) is 17.6. The van der Waals surface area contributed by atoms with Crippen LogP contribution in [-0.2, 0) is 6.42 Å². The molecule has 25 heavy (non-hydrogen) atoms. The molecule has 0 saturated heterocycles. The van der Waals surface area contributed by atoms with E-state index in [0.717, 1.165) is 29.0 Å². The van der Waals surface area contributed by atoms with Gasteiger partial charge in [0.25, 0.3) is 5.91 Å². The normalized spacial score (nSPS) is 10.6. The molecule has 0 aliphatic rings. The molecule has 0 saturated carbocycles. The number of rotatable bonds is 6. The average molecular weight is 354 g/mol. The Morgan fingerprint density at radius 1 is 1.12 bits per heavy atom. The van der Waals surface area contributed by atoms with E-state index in [1.807, 2.05) is 30.3 Å². The fourth-order valence-electron chi connectivity index (χ4n) is 2.41. The van der Waals surface area contributed by atoms with Gasteiger partial charge in [0.15, 0.2) is 0 Å². The van der Waals surface area contributed by atoms with Crippen molar-refractivity contribution < 1.29 is 9.90 Å². The van der Waals surface area contributed by atoms with Crippen molar-refractivity contribution in [3.63, 3.8) is 0 Å². The number of anilines is 1. The van der Waals surface area contributed by atoms with Gasteiger partial charge in [0.05, 0.1) is 0 Å². The number of hydrogen-bond acceptors (Lipinski definition) is 6. The minimum atomic E-state index is -0.114. The maximum atomic E-state index is 12.3. The minimum absolute atomic E-state index is 0.114. The summed E-state index contributed by atoms with van der Waals surface area (Å²) in [5.41, 5.74) is 8.01. The van der Waals surface area contributed by atoms with E-state index < -0.39 is 0 Å². The SMILES string of the molecule is Nc1nnc(CCCNC(=O)c2cccc(-c3ccc(O)cc3)c2)s1. The van der Waals surface area contributed by atoms with Crippen LogP contribution in [0.1, 0.15) is 21.8 Å². The molecule has 3 aromatic rings. The van der Waals surface area contributed by atoms with E-state index >= 15 is 0 Å². The van der Waals surface area contributed by atoms with Crippen LogP contribution in [0.3, 0.4) is 0 Å². The number of carbonyl (C=O) groups is 1. The Balaban J connectivity index is 1.56. The van der Waals surface area contributed by atoms with Gasteiger partial charge in [0, 0.05) is 18.5 Å². The maximum Gasteiger partial charge on any atom is 0.251 e. The third kappa shape index (κ3) is 4.54. The first-order chi connectivity index (χ1) is 12.1. The quantitative estimate of drug-likeness (QED) is 0.591. The van der Waals surface area contributed by atoms with Crippen molar-refractivity contribution in [3.05, 3.63) is 59.1 Å². The van der Waals surface area contributed by atoms with E-state index in [1.165, 1.54) is 11.3 Å². The number of aryl methyl sites for hydroxylation is 1. The summed E-state index contributed by atoms with van der Waals surface area (Å²) in [4.78, 5) is 12.3. The summed E-state index contributed by atoms with van der Waals surface area (Å²) in [6.07, 6.45) is 1.51. The Hall–Kier alpha value is -2.93. The van der Waals surface area contributed by atoms with Crippen molar-refractivity contribution in [2.45, 2.75) is 12.8 Å². The molecular formula is C18H18N4O2S. The summed E-state index contributed by atoms with van der Waals surface area (Å²) < 4.78 is 0. The van der Waals surface area contributed by atoms with Crippen molar-refractivity contribution in [1.29, 1.82) is 0 Å². The number of benzene rings is 2. The third-order valence-electron chi connectivity index (χ3n) is 3.66. The van der Waals surface area contributed by atoms with Crippen molar-refractivity contribution in [1.82, 2.24) is 15.5 Å². The van der Waals surface area contributed by atoms with Crippen LogP contribution in [0.25, 0.3) is 11.1 Å². The summed E-state index contributed by atoms with van der Waals surface area (Å²) in [6.45, 7) is 0.557. The Morgan fingerprint density at radius 2 is 1.92 bits per heavy atom. The Morgan fingerprint density at radius 3 is 2.64 bits per heavy atom. The number of phenols is 1. The molecule has 0 atom stereocenters. The molecule has 3 rings (SSSR count). The number of carbonyl (C=O) groups excluding carboxylic acids is 1. The van der Waals surface area contributed by atoms with Gasteiger partial charge >= 0.3 is 0 Å². The summed E-state index contributed by atoms with van der Waals surface area (Å²) in [6, 6.07) is 14.3. The van der Waals surface area contributed by atoms with Crippen molar-refractivity contribution >= 4 is 22.4 Å². The molecule has 0 spiro atoms. The number of phenolic OH excluding ortho intramolecular Hbond substituents is 1. The van der Waals surface area contributed by atoms with Crippen LogP contribution in [0, 0.1) is 0 Å². The van der Waals surface area contributed by atoms with Crippen molar-refractivity contribution in [2.75, 3.05) is 12.3 Å². The number of nitrogen functional groups attached to an aromatic ring is 1. The average Bonchev–Trinajstić information content (AvgIpc) is 3.04. The van der Waals surface area contributed by atoms with Gasteiger partial charge in [-0.05, 0) is 41.8 Å². The number of aromatic hydroxyl groups is 1. The molecular weight excluding hydrogens is 336 g/mol. The molecule has 0 unspecified atom stereocenters. The van der Waals surface area contributed by atoms with Gasteiger partial charge in [0.1, 0.15) is 10.8 Å². The first-order valence-corrected chi connectivity index (χ1v) is 8.69. The first kappa shape index (κ1) is 16.9. The van der Waals surface area contributed by atoms with Crippen LogP contribution in [0.15, 0.2) is 48.5 Å². The van der Waals surface area contributed by atoms with Gasteiger partial charge in [-0.3, -0.25) is 4.79 Å². The summed E-state index contributed by atoms with van der Waals surface area (Å²) in [5.74, 6) is 0.104. The minimum Gasteiger partial charge on any atom is -0.508 e. The molecule has 2 aromatic carbocycles. The van der Waals surface area contributed by atoms with Crippen LogP contribution in [-0.4, -0.2) is 27.8 Å². The molecule has 4 N–H and O–H groups in total. The molecule has 0 aliphatic heterocycles. The number of nitrogens with zero attached hydrogens (tertiary/aromatic N) is 2. The summed E-state index contributed by atoms with van der Waals surface area (Å²) >= 11 is 1.37. The Bertz CT molecular complexity index is 862. The highest BCUT2D eigenvalue weighted by molar-refractivity contribution is 7.15. The van der Waals surface area contributed by atoms with Crippen LogP contribution >= 0.6 is 11.3 Å². The Labute approximate surface area is 149 Å². The number of aromatic nitrogens is 2. The summed E-state index contributed by atoms with van der Waals surface area (Å²) in [7, 11) is 0. The molecule has 0 fully saturated rings. The molecule has 7 heteroatoms. The topological polar surface area (TPSA) is 101 Å². The monoisotopic (exact) mass is 354 g/mol. The molecule has 0 radical (unpaired) electrons. The lowest BCUT2D eigenvalue weighted by molar-refractivity contribution is 0.0953. The van der Waals surface area contributed by atoms with E-state index in [2.05, 4.69) is 15.5 Å². The highest BCUT2D eigenvalue weighted by Crippen LogP contribution is 2.22. The van der Waals surface area contributed by atoms with Gasteiger partial charge in [-0.2, -0.15) is 0 Å². The van der Waals surface area contributed by atoms with Crippen LogP contribution in [0.5, 0.6) is 5.75 Å². The lowest BCUT2D eigenvalue weighted by Gasteiger charge is -2.07. The largest absolute Gasteiger partial charge is 0.508 e. The predicted molar refractivity (Wildman–Crippen MR) is 98.5 cm³/mol. The molecule has 1 aromatic heterocycles. The van der Waals surface area contributed by atoms with E-state index in [1.54, 1.807) is 18.2 Å². The maximum absolute atomic E-state index is 12.3. The first-order valence-electron chi connectivity index (χ1n) is 7.87. The summed E-state index contributed by atoms with van der Waals surface area (Å²) in [5, 5.41) is 21.3. The molecule has 128 valence electrons. The van der Waals surface area contributed by atoms with E-state index in [-0.39, 0.29) is 11.7 Å². The standard InChI is InChI=1S/C18H18N4O2S/c19-18-22-21-16(25-18)5-2-10-20-17(24)14-4-1-3-13(11-14)12-6-8-15(23)9-7-12/h1,3-4,6-9,11,23H,2,5,10H2,(H2,19,22)(H,20,24). The zero-order valence-corrected chi connectivity index (χ0v) is 14.3. The number of hydrogen-bond donors (Lipinski definition) is 3. The fraction of sp³-hybridized carbons (Fsp3) is 0.167. The van der Waals surface area contributed by atoms with Gasteiger partial charge < -0.3 is 16.2 Å². The molecule has 0 bridgehead atoms. The smallest absolute Gasteiger partial charge is 0.251 e. The Kier molecular flexibility index (Phi) is 5.25. The van der Waals surface area contributed by atoms with Gasteiger partial charge in [0.2, 0.25) is 5.13 Å². The molecule has 1 amide bonds. The lowest BCUT2D eigenvalue weighted by Crippen LogP contribution is -2.24. The second-order valence-electron chi connectivity index (χ2n) is 5.52. The van der Waals surface area contributed by atoms with E-state index in [0.29, 0.717) is 17.2 Å². The van der Waals surface area contributed by atoms with Crippen LogP contribution in [0.2, 0.25) is 0 Å². The molecule has 6 nitrogen and oxygen atoms in total. The number of nitrogens with two attached hydrogens (primary N) is 1.